The number of nitrogens with zero attached hydrogens (tertiary/aromatic N) is 4. The number of halogens is 1. The molecule has 0 saturated carbocycles. The zero-order valence-electron chi connectivity index (χ0n) is 15.7. The number of aromatic nitrogens is 2. The molecule has 6 heteroatoms. The quantitative estimate of drug-likeness (QED) is 0.836. The van der Waals surface area contributed by atoms with Crippen LogP contribution in [0.25, 0.3) is 0 Å². The van der Waals surface area contributed by atoms with Gasteiger partial charge in [-0.2, -0.15) is 0 Å². The number of piperidine rings is 1. The molecule has 5 nitrogen and oxygen atoms in total. The fraction of sp³-hybridized carbons (Fsp3) is 0.476. The molecule has 1 amide bonds. The third-order valence-corrected chi connectivity index (χ3v) is 5.56. The van der Waals surface area contributed by atoms with E-state index in [9.17, 15) is 9.18 Å². The van der Waals surface area contributed by atoms with Crippen molar-refractivity contribution in [1.82, 2.24) is 19.8 Å². The van der Waals surface area contributed by atoms with E-state index in [-0.39, 0.29) is 17.6 Å². The van der Waals surface area contributed by atoms with Crippen LogP contribution in [-0.2, 0) is 24.3 Å². The second kappa shape index (κ2) is 7.72. The Morgan fingerprint density at radius 3 is 3.04 bits per heavy atom. The van der Waals surface area contributed by atoms with Crippen molar-refractivity contribution < 1.29 is 9.18 Å². The SMILES string of the molecule is CC(=O)N1CCCC(c2ncc3c(n2)CCN(Cc2cccc(F)c2)C3)C1. The Balaban J connectivity index is 1.44. The van der Waals surface area contributed by atoms with Crippen molar-refractivity contribution >= 4 is 5.91 Å². The molecule has 1 fully saturated rings. The Hall–Kier alpha value is -2.34. The number of rotatable bonds is 3. The van der Waals surface area contributed by atoms with E-state index < -0.39 is 0 Å². The van der Waals surface area contributed by atoms with Crippen LogP contribution in [-0.4, -0.2) is 45.3 Å². The maximum Gasteiger partial charge on any atom is 0.219 e. The van der Waals surface area contributed by atoms with Gasteiger partial charge in [-0.05, 0) is 30.5 Å². The highest BCUT2D eigenvalue weighted by Gasteiger charge is 2.26. The van der Waals surface area contributed by atoms with Gasteiger partial charge in [0, 0.05) is 69.4 Å². The smallest absolute Gasteiger partial charge is 0.219 e. The molecule has 3 heterocycles. The summed E-state index contributed by atoms with van der Waals surface area (Å²) in [5.41, 5.74) is 3.26. The molecule has 2 aliphatic rings. The molecule has 2 aliphatic heterocycles. The molecule has 142 valence electrons. The second-order valence-electron chi connectivity index (χ2n) is 7.59. The van der Waals surface area contributed by atoms with E-state index in [1.54, 1.807) is 19.1 Å². The van der Waals surface area contributed by atoms with Crippen LogP contribution >= 0.6 is 0 Å². The normalized spacial score (nSPS) is 20.4. The van der Waals surface area contributed by atoms with Crippen molar-refractivity contribution in [2.24, 2.45) is 0 Å². The highest BCUT2D eigenvalue weighted by atomic mass is 19.1. The third-order valence-electron chi connectivity index (χ3n) is 5.56. The average Bonchev–Trinajstić information content (AvgIpc) is 2.68. The lowest BCUT2D eigenvalue weighted by molar-refractivity contribution is -0.130. The van der Waals surface area contributed by atoms with Crippen molar-refractivity contribution in [1.29, 1.82) is 0 Å². The average molecular weight is 368 g/mol. The molecule has 0 aliphatic carbocycles. The van der Waals surface area contributed by atoms with Gasteiger partial charge >= 0.3 is 0 Å². The Labute approximate surface area is 159 Å². The highest BCUT2D eigenvalue weighted by Crippen LogP contribution is 2.26. The van der Waals surface area contributed by atoms with E-state index in [0.29, 0.717) is 0 Å². The van der Waals surface area contributed by atoms with Crippen molar-refractivity contribution in [3.05, 3.63) is 58.9 Å². The van der Waals surface area contributed by atoms with Crippen LogP contribution in [0.15, 0.2) is 30.5 Å². The lowest BCUT2D eigenvalue weighted by Crippen LogP contribution is -2.38. The predicted molar refractivity (Wildman–Crippen MR) is 100 cm³/mol. The van der Waals surface area contributed by atoms with Crippen molar-refractivity contribution in [2.75, 3.05) is 19.6 Å². The van der Waals surface area contributed by atoms with Crippen LogP contribution in [0.2, 0.25) is 0 Å². The first-order valence-electron chi connectivity index (χ1n) is 9.65. The van der Waals surface area contributed by atoms with Crippen LogP contribution < -0.4 is 0 Å². The Bertz CT molecular complexity index is 841. The molecule has 2 aromatic rings. The summed E-state index contributed by atoms with van der Waals surface area (Å²) in [7, 11) is 0. The van der Waals surface area contributed by atoms with E-state index in [4.69, 9.17) is 4.98 Å². The van der Waals surface area contributed by atoms with Gasteiger partial charge in [0.1, 0.15) is 11.6 Å². The van der Waals surface area contributed by atoms with E-state index in [1.807, 2.05) is 17.2 Å². The summed E-state index contributed by atoms with van der Waals surface area (Å²) >= 11 is 0. The summed E-state index contributed by atoms with van der Waals surface area (Å²) in [5, 5.41) is 0. The van der Waals surface area contributed by atoms with Gasteiger partial charge in [-0.15, -0.1) is 0 Å². The van der Waals surface area contributed by atoms with Gasteiger partial charge in [-0.25, -0.2) is 14.4 Å². The molecular formula is C21H25FN4O. The molecule has 1 unspecified atom stereocenters. The number of carbonyl (C=O) groups excluding carboxylic acids is 1. The maximum atomic E-state index is 13.4. The molecule has 1 atom stereocenters. The number of benzene rings is 1. The standard InChI is InChI=1S/C21H25FN4O/c1-15(27)26-8-3-5-17(14-26)21-23-11-18-13-25(9-7-20(18)24-21)12-16-4-2-6-19(22)10-16/h2,4,6,10-11,17H,3,5,7-9,12-14H2,1H3. The summed E-state index contributed by atoms with van der Waals surface area (Å²) in [5.74, 6) is 1.05. The van der Waals surface area contributed by atoms with E-state index in [1.165, 1.54) is 6.07 Å². The zero-order chi connectivity index (χ0) is 18.8. The first-order valence-corrected chi connectivity index (χ1v) is 9.65. The highest BCUT2D eigenvalue weighted by molar-refractivity contribution is 5.73. The number of fused-ring (bicyclic) bond motifs is 1. The lowest BCUT2D eigenvalue weighted by Gasteiger charge is -2.32. The minimum Gasteiger partial charge on any atom is -0.342 e. The lowest BCUT2D eigenvalue weighted by atomic mass is 9.96. The summed E-state index contributed by atoms with van der Waals surface area (Å²) in [4.78, 5) is 25.4. The molecule has 0 spiro atoms. The fourth-order valence-corrected chi connectivity index (χ4v) is 4.09. The van der Waals surface area contributed by atoms with Gasteiger partial charge in [0.2, 0.25) is 5.91 Å². The van der Waals surface area contributed by atoms with Gasteiger partial charge in [0.05, 0.1) is 0 Å². The van der Waals surface area contributed by atoms with Gasteiger partial charge in [-0.1, -0.05) is 12.1 Å². The third kappa shape index (κ3) is 4.16. The van der Waals surface area contributed by atoms with Gasteiger partial charge in [0.15, 0.2) is 0 Å². The first-order chi connectivity index (χ1) is 13.1. The molecule has 1 aromatic heterocycles. The number of hydrogen-bond acceptors (Lipinski definition) is 4. The van der Waals surface area contributed by atoms with E-state index >= 15 is 0 Å². The van der Waals surface area contributed by atoms with Crippen LogP contribution in [0.1, 0.15) is 48.3 Å². The number of likely N-dealkylation sites (tertiary alicyclic amines) is 1. The zero-order valence-corrected chi connectivity index (χ0v) is 15.7. The molecule has 4 rings (SSSR count). The molecule has 0 N–H and O–H groups in total. The Kier molecular flexibility index (Phi) is 5.16. The molecular weight excluding hydrogens is 343 g/mol. The van der Waals surface area contributed by atoms with E-state index in [2.05, 4.69) is 9.88 Å². The minimum atomic E-state index is -0.190. The number of hydrogen-bond donors (Lipinski definition) is 0. The van der Waals surface area contributed by atoms with Gasteiger partial charge in [-0.3, -0.25) is 9.69 Å². The predicted octanol–water partition coefficient (Wildman–Crippen LogP) is 2.90. The summed E-state index contributed by atoms with van der Waals surface area (Å²) in [6.45, 7) is 5.62. The minimum absolute atomic E-state index is 0.130. The maximum absolute atomic E-state index is 13.4. The second-order valence-corrected chi connectivity index (χ2v) is 7.59. The first kappa shape index (κ1) is 18.0. The Morgan fingerprint density at radius 2 is 2.22 bits per heavy atom. The van der Waals surface area contributed by atoms with E-state index in [0.717, 1.165) is 74.6 Å². The monoisotopic (exact) mass is 368 g/mol. The Morgan fingerprint density at radius 1 is 1.33 bits per heavy atom. The molecule has 1 saturated heterocycles. The number of amides is 1. The largest absolute Gasteiger partial charge is 0.342 e. The van der Waals surface area contributed by atoms with Crippen LogP contribution in [0.3, 0.4) is 0 Å². The fourth-order valence-electron chi connectivity index (χ4n) is 4.09. The van der Waals surface area contributed by atoms with Gasteiger partial charge < -0.3 is 4.90 Å². The van der Waals surface area contributed by atoms with Crippen LogP contribution in [0.5, 0.6) is 0 Å². The van der Waals surface area contributed by atoms with Crippen molar-refractivity contribution in [3.8, 4) is 0 Å². The summed E-state index contributed by atoms with van der Waals surface area (Å²) < 4.78 is 13.4. The summed E-state index contributed by atoms with van der Waals surface area (Å²) in [6, 6.07) is 6.79. The van der Waals surface area contributed by atoms with Crippen molar-refractivity contribution in [3.63, 3.8) is 0 Å². The molecule has 1 aromatic carbocycles. The summed E-state index contributed by atoms with van der Waals surface area (Å²) in [6.07, 6.45) is 4.87. The topological polar surface area (TPSA) is 49.3 Å². The number of carbonyl (C=O) groups is 1. The molecule has 27 heavy (non-hydrogen) atoms. The van der Waals surface area contributed by atoms with Crippen LogP contribution in [0.4, 0.5) is 4.39 Å². The molecule has 0 bridgehead atoms. The van der Waals surface area contributed by atoms with Crippen LogP contribution in [0, 0.1) is 5.82 Å². The molecule has 0 radical (unpaired) electrons. The van der Waals surface area contributed by atoms with Crippen molar-refractivity contribution in [2.45, 2.75) is 45.2 Å². The van der Waals surface area contributed by atoms with Gasteiger partial charge in [0.25, 0.3) is 0 Å².